The second-order valence-electron chi connectivity index (χ2n) is 6.21. The smallest absolute Gasteiger partial charge is 0.255 e. The van der Waals surface area contributed by atoms with Crippen LogP contribution in [0.2, 0.25) is 0 Å². The van der Waals surface area contributed by atoms with E-state index in [1.807, 2.05) is 36.0 Å². The molecule has 5 heteroatoms. The van der Waals surface area contributed by atoms with E-state index in [0.29, 0.717) is 11.6 Å². The molecule has 0 aromatic carbocycles. The fourth-order valence-electron chi connectivity index (χ4n) is 2.82. The summed E-state index contributed by atoms with van der Waals surface area (Å²) < 4.78 is 0. The molecule has 5 nitrogen and oxygen atoms in total. The maximum atomic E-state index is 12.7. The molecule has 0 aliphatic carbocycles. The summed E-state index contributed by atoms with van der Waals surface area (Å²) in [4.78, 5) is 23.2. The Kier molecular flexibility index (Phi) is 5.17. The second kappa shape index (κ2) is 6.89. The normalized spacial score (nSPS) is 18.9. The molecule has 1 unspecified atom stereocenters. The van der Waals surface area contributed by atoms with E-state index in [1.54, 1.807) is 6.20 Å². The minimum absolute atomic E-state index is 0.111. The van der Waals surface area contributed by atoms with E-state index in [1.165, 1.54) is 6.42 Å². The monoisotopic (exact) mass is 290 g/mol. The first-order chi connectivity index (χ1) is 9.99. The molecule has 1 atom stereocenters. The van der Waals surface area contributed by atoms with Gasteiger partial charge in [-0.2, -0.15) is 0 Å². The number of rotatable bonds is 4. The Hall–Kier alpha value is -1.62. The maximum absolute atomic E-state index is 12.7. The van der Waals surface area contributed by atoms with Gasteiger partial charge in [-0.3, -0.25) is 4.79 Å². The van der Waals surface area contributed by atoms with Gasteiger partial charge in [0.1, 0.15) is 5.82 Å². The average molecular weight is 290 g/mol. The molecule has 1 aromatic rings. The molecule has 2 rings (SSSR count). The van der Waals surface area contributed by atoms with Gasteiger partial charge in [-0.05, 0) is 45.5 Å². The average Bonchev–Trinajstić information content (AvgIpc) is 2.46. The first-order valence-corrected chi connectivity index (χ1v) is 7.58. The number of hydrogen-bond acceptors (Lipinski definition) is 4. The number of piperidine rings is 1. The number of likely N-dealkylation sites (N-methyl/N-ethyl adjacent to an activating group) is 1. The molecule has 1 aliphatic heterocycles. The van der Waals surface area contributed by atoms with Gasteiger partial charge in [0.25, 0.3) is 5.91 Å². The lowest BCUT2D eigenvalue weighted by molar-refractivity contribution is 0.0574. The zero-order valence-corrected chi connectivity index (χ0v) is 13.5. The fourth-order valence-corrected chi connectivity index (χ4v) is 2.82. The zero-order chi connectivity index (χ0) is 15.4. The number of hydrogen-bond donors (Lipinski definition) is 0. The fraction of sp³-hybridized carbons (Fsp3) is 0.625. The van der Waals surface area contributed by atoms with Crippen LogP contribution in [0, 0.1) is 0 Å². The zero-order valence-electron chi connectivity index (χ0n) is 13.5. The summed E-state index contributed by atoms with van der Waals surface area (Å²) >= 11 is 0. The highest BCUT2D eigenvalue weighted by Gasteiger charge is 2.27. The summed E-state index contributed by atoms with van der Waals surface area (Å²) in [5.41, 5.74) is 0.686. The Bertz CT molecular complexity index is 470. The van der Waals surface area contributed by atoms with E-state index in [-0.39, 0.29) is 5.91 Å². The third kappa shape index (κ3) is 3.94. The van der Waals surface area contributed by atoms with E-state index in [0.717, 1.165) is 31.7 Å². The van der Waals surface area contributed by atoms with E-state index < -0.39 is 0 Å². The first kappa shape index (κ1) is 15.8. The van der Waals surface area contributed by atoms with Crippen molar-refractivity contribution in [2.75, 3.05) is 46.2 Å². The molecule has 0 radical (unpaired) electrons. The number of anilines is 1. The molecule has 0 N–H and O–H groups in total. The number of carbonyl (C=O) groups excluding carboxylic acids is 1. The van der Waals surface area contributed by atoms with E-state index in [2.05, 4.69) is 24.0 Å². The van der Waals surface area contributed by atoms with Crippen LogP contribution in [0.4, 0.5) is 5.82 Å². The number of likely N-dealkylation sites (tertiary alicyclic amines) is 1. The van der Waals surface area contributed by atoms with Crippen molar-refractivity contribution in [1.82, 2.24) is 14.8 Å². The minimum atomic E-state index is 0.111. The van der Waals surface area contributed by atoms with Gasteiger partial charge in [0, 0.05) is 39.4 Å². The number of pyridine rings is 1. The van der Waals surface area contributed by atoms with Crippen LogP contribution in [-0.4, -0.2) is 68.0 Å². The molecule has 1 aliphatic rings. The lowest BCUT2D eigenvalue weighted by atomic mass is 10.0. The van der Waals surface area contributed by atoms with E-state index >= 15 is 0 Å². The van der Waals surface area contributed by atoms with Gasteiger partial charge >= 0.3 is 0 Å². The molecule has 0 spiro atoms. The van der Waals surface area contributed by atoms with Crippen molar-refractivity contribution in [3.63, 3.8) is 0 Å². The third-order valence-electron chi connectivity index (χ3n) is 3.92. The molecular formula is C16H26N4O. The summed E-state index contributed by atoms with van der Waals surface area (Å²) in [5, 5.41) is 0. The maximum Gasteiger partial charge on any atom is 0.255 e. The topological polar surface area (TPSA) is 39.7 Å². The summed E-state index contributed by atoms with van der Waals surface area (Å²) in [6.45, 7) is 1.78. The number of carbonyl (C=O) groups is 1. The molecule has 116 valence electrons. The van der Waals surface area contributed by atoms with Gasteiger partial charge in [-0.1, -0.05) is 0 Å². The predicted molar refractivity (Wildman–Crippen MR) is 85.8 cm³/mol. The molecular weight excluding hydrogens is 264 g/mol. The summed E-state index contributed by atoms with van der Waals surface area (Å²) in [6, 6.07) is 4.10. The second-order valence-corrected chi connectivity index (χ2v) is 6.21. The number of amides is 1. The van der Waals surface area contributed by atoms with Crippen LogP contribution in [0.5, 0.6) is 0 Å². The molecule has 1 amide bonds. The quantitative estimate of drug-likeness (QED) is 0.846. The molecule has 0 bridgehead atoms. The van der Waals surface area contributed by atoms with Gasteiger partial charge in [0.05, 0.1) is 5.56 Å². The largest absolute Gasteiger partial charge is 0.363 e. The van der Waals surface area contributed by atoms with Crippen LogP contribution in [0.25, 0.3) is 0 Å². The Labute approximate surface area is 127 Å². The molecule has 1 aromatic heterocycles. The highest BCUT2D eigenvalue weighted by Crippen LogP contribution is 2.20. The van der Waals surface area contributed by atoms with Crippen molar-refractivity contribution in [3.8, 4) is 0 Å². The Morgan fingerprint density at radius 1 is 1.29 bits per heavy atom. The predicted octanol–water partition coefficient (Wildman–Crippen LogP) is 1.70. The molecule has 1 saturated heterocycles. The van der Waals surface area contributed by atoms with E-state index in [4.69, 9.17) is 0 Å². The van der Waals surface area contributed by atoms with Crippen LogP contribution in [0.3, 0.4) is 0 Å². The van der Waals surface area contributed by atoms with Crippen molar-refractivity contribution in [1.29, 1.82) is 0 Å². The van der Waals surface area contributed by atoms with E-state index in [9.17, 15) is 4.79 Å². The van der Waals surface area contributed by atoms with Crippen molar-refractivity contribution >= 4 is 11.7 Å². The summed E-state index contributed by atoms with van der Waals surface area (Å²) in [5.74, 6) is 0.981. The number of aromatic nitrogens is 1. The Morgan fingerprint density at radius 3 is 2.62 bits per heavy atom. The van der Waals surface area contributed by atoms with Crippen LogP contribution in [0.1, 0.15) is 29.6 Å². The minimum Gasteiger partial charge on any atom is -0.363 e. The van der Waals surface area contributed by atoms with Gasteiger partial charge < -0.3 is 14.7 Å². The summed E-state index contributed by atoms with van der Waals surface area (Å²) in [7, 11) is 8.01. The van der Waals surface area contributed by atoms with Crippen LogP contribution >= 0.6 is 0 Å². The standard InChI is InChI=1S/C16H26N4O/c1-18(2)12-14-7-5-6-10-20(14)16(21)13-8-9-15(17-11-13)19(3)4/h8-9,11,14H,5-7,10,12H2,1-4H3. The highest BCUT2D eigenvalue weighted by atomic mass is 16.2. The van der Waals surface area contributed by atoms with Gasteiger partial charge in [-0.15, -0.1) is 0 Å². The lowest BCUT2D eigenvalue weighted by Gasteiger charge is -2.37. The molecule has 2 heterocycles. The van der Waals surface area contributed by atoms with Gasteiger partial charge in [-0.25, -0.2) is 4.98 Å². The van der Waals surface area contributed by atoms with Crippen LogP contribution in [0.15, 0.2) is 18.3 Å². The Morgan fingerprint density at radius 2 is 2.05 bits per heavy atom. The van der Waals surface area contributed by atoms with Crippen molar-refractivity contribution < 1.29 is 4.79 Å². The molecule has 1 fully saturated rings. The first-order valence-electron chi connectivity index (χ1n) is 7.58. The van der Waals surface area contributed by atoms with Crippen molar-refractivity contribution in [3.05, 3.63) is 23.9 Å². The number of nitrogens with zero attached hydrogens (tertiary/aromatic N) is 4. The highest BCUT2D eigenvalue weighted by molar-refractivity contribution is 5.94. The molecule has 0 saturated carbocycles. The van der Waals surface area contributed by atoms with Crippen LogP contribution < -0.4 is 4.90 Å². The summed E-state index contributed by atoms with van der Waals surface area (Å²) in [6.07, 6.45) is 5.09. The molecule has 21 heavy (non-hydrogen) atoms. The lowest BCUT2D eigenvalue weighted by Crippen LogP contribution is -2.48. The van der Waals surface area contributed by atoms with Crippen molar-refractivity contribution in [2.45, 2.75) is 25.3 Å². The SMILES string of the molecule is CN(C)CC1CCCCN1C(=O)c1ccc(N(C)C)nc1. The Balaban J connectivity index is 2.12. The third-order valence-corrected chi connectivity index (χ3v) is 3.92. The van der Waals surface area contributed by atoms with Gasteiger partial charge in [0.15, 0.2) is 0 Å². The van der Waals surface area contributed by atoms with Gasteiger partial charge in [0.2, 0.25) is 0 Å². The van der Waals surface area contributed by atoms with Crippen LogP contribution in [-0.2, 0) is 0 Å². The van der Waals surface area contributed by atoms with Crippen molar-refractivity contribution in [2.24, 2.45) is 0 Å².